The first-order chi connectivity index (χ1) is 20.0. The number of aryl methyl sites for hydroxylation is 1. The van der Waals surface area contributed by atoms with Gasteiger partial charge in [-0.15, -0.1) is 0 Å². The number of amides is 1. The van der Waals surface area contributed by atoms with Gasteiger partial charge in [0.25, 0.3) is 5.91 Å². The average Bonchev–Trinajstić information content (AvgIpc) is 3.25. The Balaban J connectivity index is 1.75. The van der Waals surface area contributed by atoms with Crippen LogP contribution in [0.5, 0.6) is 0 Å². The number of anilines is 3. The maximum atomic E-state index is 13.3. The number of carbonyl (C=O) groups excluding carboxylic acids is 1. The Morgan fingerprint density at radius 2 is 1.76 bits per heavy atom. The summed E-state index contributed by atoms with van der Waals surface area (Å²) in [7, 11) is 0.292. The molecule has 1 aliphatic rings. The SMILES string of the molecule is CCCS(=O)(=O)N(CCN(C)C)c1ccc(N/C(=C2\C(=O)Nc3cc(Cl)ccc32)c2cccc(CCC(=O)O)c2)cc1. The Hall–Kier alpha value is -3.86. The van der Waals surface area contributed by atoms with Gasteiger partial charge in [-0.3, -0.25) is 13.9 Å². The van der Waals surface area contributed by atoms with Gasteiger partial charge in [-0.2, -0.15) is 0 Å². The monoisotopic (exact) mass is 610 g/mol. The molecular weight excluding hydrogens is 576 g/mol. The first-order valence-electron chi connectivity index (χ1n) is 13.7. The van der Waals surface area contributed by atoms with Crippen LogP contribution in [-0.2, 0) is 26.0 Å². The van der Waals surface area contributed by atoms with Crippen LogP contribution in [0.4, 0.5) is 17.1 Å². The molecule has 9 nitrogen and oxygen atoms in total. The number of nitrogens with one attached hydrogen (secondary N) is 2. The van der Waals surface area contributed by atoms with Gasteiger partial charge >= 0.3 is 5.97 Å². The lowest BCUT2D eigenvalue weighted by atomic mass is 9.97. The topological polar surface area (TPSA) is 119 Å². The fourth-order valence-corrected chi connectivity index (χ4v) is 6.46. The van der Waals surface area contributed by atoms with E-state index < -0.39 is 16.0 Å². The number of hydrogen-bond acceptors (Lipinski definition) is 6. The van der Waals surface area contributed by atoms with Crippen LogP contribution in [0, 0.1) is 0 Å². The quantitative estimate of drug-likeness (QED) is 0.222. The number of aliphatic carboxylic acids is 1. The van der Waals surface area contributed by atoms with Crippen LogP contribution in [-0.4, -0.2) is 63.2 Å². The van der Waals surface area contributed by atoms with E-state index in [1.54, 1.807) is 42.5 Å². The molecule has 42 heavy (non-hydrogen) atoms. The Labute approximate surface area is 251 Å². The van der Waals surface area contributed by atoms with Crippen molar-refractivity contribution in [2.75, 3.05) is 47.9 Å². The van der Waals surface area contributed by atoms with Gasteiger partial charge in [-0.1, -0.05) is 42.8 Å². The van der Waals surface area contributed by atoms with E-state index in [1.807, 2.05) is 50.2 Å². The van der Waals surface area contributed by atoms with Gasteiger partial charge in [0.15, 0.2) is 0 Å². The van der Waals surface area contributed by atoms with Crippen molar-refractivity contribution in [2.24, 2.45) is 0 Å². The number of sulfonamides is 1. The molecule has 0 radical (unpaired) electrons. The van der Waals surface area contributed by atoms with Crippen molar-refractivity contribution in [3.8, 4) is 0 Å². The number of likely N-dealkylation sites (N-methyl/N-ethyl adjacent to an activating group) is 1. The van der Waals surface area contributed by atoms with Gasteiger partial charge < -0.3 is 20.6 Å². The summed E-state index contributed by atoms with van der Waals surface area (Å²) in [5.41, 5.74) is 4.94. The molecule has 0 aromatic heterocycles. The van der Waals surface area contributed by atoms with Crippen molar-refractivity contribution in [3.05, 3.63) is 88.4 Å². The maximum Gasteiger partial charge on any atom is 0.303 e. The number of rotatable bonds is 13. The minimum absolute atomic E-state index is 0.0165. The van der Waals surface area contributed by atoms with E-state index >= 15 is 0 Å². The molecule has 222 valence electrons. The lowest BCUT2D eigenvalue weighted by Crippen LogP contribution is -2.38. The van der Waals surface area contributed by atoms with E-state index in [2.05, 4.69) is 10.6 Å². The Kier molecular flexibility index (Phi) is 9.93. The van der Waals surface area contributed by atoms with Crippen molar-refractivity contribution < 1.29 is 23.1 Å². The van der Waals surface area contributed by atoms with Gasteiger partial charge in [0, 0.05) is 35.8 Å². The summed E-state index contributed by atoms with van der Waals surface area (Å²) < 4.78 is 27.6. The number of carboxylic acids is 1. The molecule has 0 bridgehead atoms. The molecule has 0 spiro atoms. The molecule has 0 fully saturated rings. The second-order valence-electron chi connectivity index (χ2n) is 10.4. The van der Waals surface area contributed by atoms with Crippen LogP contribution in [0.2, 0.25) is 5.02 Å². The van der Waals surface area contributed by atoms with Crippen molar-refractivity contribution in [1.82, 2.24) is 4.90 Å². The molecule has 0 unspecified atom stereocenters. The van der Waals surface area contributed by atoms with Crippen LogP contribution in [0.1, 0.15) is 36.5 Å². The normalized spacial score (nSPS) is 14.0. The Morgan fingerprint density at radius 1 is 1.02 bits per heavy atom. The summed E-state index contributed by atoms with van der Waals surface area (Å²) in [6.07, 6.45) is 0.836. The smallest absolute Gasteiger partial charge is 0.303 e. The summed E-state index contributed by atoms with van der Waals surface area (Å²) in [6.45, 7) is 2.72. The number of nitrogens with zero attached hydrogens (tertiary/aromatic N) is 2. The highest BCUT2D eigenvalue weighted by atomic mass is 35.5. The second kappa shape index (κ2) is 13.4. The van der Waals surface area contributed by atoms with Gasteiger partial charge in [-0.25, -0.2) is 8.42 Å². The third kappa shape index (κ3) is 7.50. The molecule has 3 aromatic carbocycles. The maximum absolute atomic E-state index is 13.3. The first kappa shape index (κ1) is 31.1. The van der Waals surface area contributed by atoms with Crippen LogP contribution >= 0.6 is 11.6 Å². The first-order valence-corrected chi connectivity index (χ1v) is 15.7. The summed E-state index contributed by atoms with van der Waals surface area (Å²) in [5.74, 6) is -1.14. The number of fused-ring (bicyclic) bond motifs is 1. The molecular formula is C31H35ClN4O5S. The Bertz CT molecular complexity index is 1600. The van der Waals surface area contributed by atoms with E-state index in [0.717, 1.165) is 5.56 Å². The number of benzene rings is 3. The lowest BCUT2D eigenvalue weighted by Gasteiger charge is -2.26. The number of carbonyl (C=O) groups is 2. The molecule has 1 heterocycles. The minimum atomic E-state index is -3.50. The fourth-order valence-electron chi connectivity index (χ4n) is 4.75. The standard InChI is InChI=1S/C31H35ClN4O5S/c1-4-18-42(40,41)36(17-16-35(2)3)25-12-10-24(11-13-25)33-30(22-7-5-6-21(19-22)8-15-28(37)38)29-26-14-9-23(32)20-27(26)34-31(29)39/h5-7,9-14,19-20,33H,4,8,15-18H2,1-3H3,(H,34,39)(H,37,38)/b30-29-. The molecule has 0 saturated carbocycles. The molecule has 1 amide bonds. The van der Waals surface area contributed by atoms with E-state index in [-0.39, 0.29) is 18.1 Å². The zero-order valence-electron chi connectivity index (χ0n) is 23.9. The van der Waals surface area contributed by atoms with Crippen molar-refractivity contribution >= 4 is 61.8 Å². The summed E-state index contributed by atoms with van der Waals surface area (Å²) in [5, 5.41) is 15.9. The summed E-state index contributed by atoms with van der Waals surface area (Å²) >= 11 is 6.18. The van der Waals surface area contributed by atoms with E-state index in [0.29, 0.717) is 70.4 Å². The third-order valence-electron chi connectivity index (χ3n) is 6.79. The molecule has 0 aliphatic carbocycles. The molecule has 3 N–H and O–H groups in total. The van der Waals surface area contributed by atoms with Crippen molar-refractivity contribution in [2.45, 2.75) is 26.2 Å². The van der Waals surface area contributed by atoms with Crippen molar-refractivity contribution in [1.29, 1.82) is 0 Å². The molecule has 1 aliphatic heterocycles. The zero-order chi connectivity index (χ0) is 30.4. The minimum Gasteiger partial charge on any atom is -0.481 e. The average molecular weight is 611 g/mol. The predicted molar refractivity (Wildman–Crippen MR) is 169 cm³/mol. The fraction of sp³-hybridized carbons (Fsp3) is 0.290. The highest BCUT2D eigenvalue weighted by Gasteiger charge is 2.29. The van der Waals surface area contributed by atoms with Gasteiger partial charge in [0.1, 0.15) is 0 Å². The van der Waals surface area contributed by atoms with Crippen molar-refractivity contribution in [3.63, 3.8) is 0 Å². The van der Waals surface area contributed by atoms with E-state index in [1.165, 1.54) is 4.31 Å². The summed E-state index contributed by atoms with van der Waals surface area (Å²) in [6, 6.07) is 19.7. The van der Waals surface area contributed by atoms with Crippen LogP contribution in [0.3, 0.4) is 0 Å². The third-order valence-corrected chi connectivity index (χ3v) is 9.02. The van der Waals surface area contributed by atoms with Crippen LogP contribution in [0.15, 0.2) is 66.7 Å². The number of carboxylic acid groups (broad SMARTS) is 1. The number of halogens is 1. The van der Waals surface area contributed by atoms with E-state index in [4.69, 9.17) is 16.7 Å². The second-order valence-corrected chi connectivity index (χ2v) is 12.8. The largest absolute Gasteiger partial charge is 0.481 e. The zero-order valence-corrected chi connectivity index (χ0v) is 25.4. The highest BCUT2D eigenvalue weighted by molar-refractivity contribution is 7.92. The predicted octanol–water partition coefficient (Wildman–Crippen LogP) is 5.40. The highest BCUT2D eigenvalue weighted by Crippen LogP contribution is 2.39. The Morgan fingerprint density at radius 3 is 2.43 bits per heavy atom. The lowest BCUT2D eigenvalue weighted by molar-refractivity contribution is -0.137. The van der Waals surface area contributed by atoms with Gasteiger partial charge in [-0.05, 0) is 80.5 Å². The van der Waals surface area contributed by atoms with E-state index in [9.17, 15) is 18.0 Å². The van der Waals surface area contributed by atoms with Crippen LogP contribution < -0.4 is 14.9 Å². The molecule has 0 saturated heterocycles. The molecule has 3 aromatic rings. The van der Waals surface area contributed by atoms with Gasteiger partial charge in [0.2, 0.25) is 10.0 Å². The van der Waals surface area contributed by atoms with Crippen LogP contribution in [0.25, 0.3) is 11.3 Å². The molecule has 11 heteroatoms. The summed E-state index contributed by atoms with van der Waals surface area (Å²) in [4.78, 5) is 26.4. The molecule has 4 rings (SSSR count). The van der Waals surface area contributed by atoms with Gasteiger partial charge in [0.05, 0.1) is 28.4 Å². The number of hydrogen-bond donors (Lipinski definition) is 3. The molecule has 0 atom stereocenters.